The number of fused-ring (bicyclic) bond motifs is 1. The second kappa shape index (κ2) is 9.80. The molecule has 0 radical (unpaired) electrons. The SMILES string of the molecule is COC(=O)C(C)NP(=O)(OC[C@@H]1C=C[C@H](n2cnc3c(N)nc(N)nc32)C1)Oc1ccccc1. The molecular formula is C21H26N7O5P. The Morgan fingerprint density at radius 1 is 1.26 bits per heavy atom. The van der Waals surface area contributed by atoms with Crippen molar-refractivity contribution < 1.29 is 23.1 Å². The van der Waals surface area contributed by atoms with Gasteiger partial charge in [0.25, 0.3) is 0 Å². The lowest BCUT2D eigenvalue weighted by Gasteiger charge is -2.23. The summed E-state index contributed by atoms with van der Waals surface area (Å²) < 4.78 is 31.4. The Morgan fingerprint density at radius 2 is 2.03 bits per heavy atom. The van der Waals surface area contributed by atoms with Gasteiger partial charge < -0.3 is 25.3 Å². The quantitative estimate of drug-likeness (QED) is 0.230. The molecule has 3 aromatic rings. The number of anilines is 2. The highest BCUT2D eigenvalue weighted by Crippen LogP contribution is 2.46. The first kappa shape index (κ1) is 23.7. The summed E-state index contributed by atoms with van der Waals surface area (Å²) in [6, 6.07) is 7.60. The molecule has 2 heterocycles. The highest BCUT2D eigenvalue weighted by molar-refractivity contribution is 7.52. The fourth-order valence-corrected chi connectivity index (χ4v) is 5.20. The third kappa shape index (κ3) is 5.19. The number of nitrogens with one attached hydrogen (secondary N) is 1. The predicted molar refractivity (Wildman–Crippen MR) is 126 cm³/mol. The van der Waals surface area contributed by atoms with Gasteiger partial charge in [-0.05, 0) is 25.5 Å². The maximum Gasteiger partial charge on any atom is 0.459 e. The average Bonchev–Trinajstić information content (AvgIpc) is 3.44. The summed E-state index contributed by atoms with van der Waals surface area (Å²) in [7, 11) is -2.66. The number of esters is 1. The van der Waals surface area contributed by atoms with E-state index in [0.29, 0.717) is 23.3 Å². The second-order valence-electron chi connectivity index (χ2n) is 7.81. The molecule has 0 saturated heterocycles. The summed E-state index contributed by atoms with van der Waals surface area (Å²) in [6.07, 6.45) is 6.21. The monoisotopic (exact) mass is 487 g/mol. The third-order valence-corrected chi connectivity index (χ3v) is 6.95. The number of hydrogen-bond donors (Lipinski definition) is 3. The van der Waals surface area contributed by atoms with Crippen LogP contribution >= 0.6 is 7.75 Å². The maximum absolute atomic E-state index is 13.5. The van der Waals surface area contributed by atoms with E-state index < -0.39 is 19.8 Å². The van der Waals surface area contributed by atoms with Crippen LogP contribution in [0.25, 0.3) is 11.2 Å². The number of nitrogens with two attached hydrogens (primary N) is 2. The number of nitrogen functional groups attached to an aromatic ring is 2. The lowest BCUT2D eigenvalue weighted by atomic mass is 10.1. The van der Waals surface area contributed by atoms with Crippen LogP contribution in [0, 0.1) is 5.92 Å². The van der Waals surface area contributed by atoms with Gasteiger partial charge in [-0.1, -0.05) is 30.4 Å². The second-order valence-corrected chi connectivity index (χ2v) is 9.50. The fraction of sp³-hybridized carbons (Fsp3) is 0.333. The van der Waals surface area contributed by atoms with E-state index in [1.807, 2.05) is 16.7 Å². The van der Waals surface area contributed by atoms with Gasteiger partial charge in [-0.2, -0.15) is 15.1 Å². The van der Waals surface area contributed by atoms with Gasteiger partial charge in [-0.25, -0.2) is 9.55 Å². The van der Waals surface area contributed by atoms with Crippen molar-refractivity contribution in [2.45, 2.75) is 25.4 Å². The summed E-state index contributed by atoms with van der Waals surface area (Å²) in [5.41, 5.74) is 12.6. The van der Waals surface area contributed by atoms with Crippen molar-refractivity contribution in [1.82, 2.24) is 24.6 Å². The average molecular weight is 487 g/mol. The van der Waals surface area contributed by atoms with E-state index in [2.05, 4.69) is 20.0 Å². The highest BCUT2D eigenvalue weighted by Gasteiger charge is 2.34. The molecule has 1 aliphatic carbocycles. The standard InChI is InChI=1S/C21H26N7O5P/c1-13(20(29)31-2)27-34(30,33-16-6-4-3-5-7-16)32-11-14-8-9-15(10-14)28-12-24-17-18(22)25-21(23)26-19(17)28/h3-9,12-15H,10-11H2,1-2H3,(H,27,30)(H4,22,23,25,26)/t13?,14-,15+,34?/m1/s1. The number of benzene rings is 1. The minimum Gasteiger partial charge on any atom is -0.468 e. The van der Waals surface area contributed by atoms with E-state index in [1.165, 1.54) is 14.0 Å². The third-order valence-electron chi connectivity index (χ3n) is 5.31. The molecule has 4 atom stereocenters. The fourth-order valence-electron chi connectivity index (χ4n) is 3.65. The molecule has 5 N–H and O–H groups in total. The van der Waals surface area contributed by atoms with Gasteiger partial charge in [0.1, 0.15) is 17.3 Å². The molecule has 2 aromatic heterocycles. The number of imidazole rings is 1. The summed E-state index contributed by atoms with van der Waals surface area (Å²) in [4.78, 5) is 24.4. The number of ether oxygens (including phenoxy) is 1. The molecule has 2 unspecified atom stereocenters. The van der Waals surface area contributed by atoms with E-state index in [4.69, 9.17) is 25.3 Å². The van der Waals surface area contributed by atoms with Gasteiger partial charge in [-0.3, -0.25) is 9.32 Å². The van der Waals surface area contributed by atoms with Crippen LogP contribution in [-0.4, -0.2) is 45.2 Å². The molecule has 0 saturated carbocycles. The summed E-state index contributed by atoms with van der Waals surface area (Å²) >= 11 is 0. The molecular weight excluding hydrogens is 461 g/mol. The van der Waals surface area contributed by atoms with Crippen LogP contribution < -0.4 is 21.1 Å². The number of carbonyl (C=O) groups is 1. The largest absolute Gasteiger partial charge is 0.468 e. The zero-order chi connectivity index (χ0) is 24.3. The molecule has 0 aliphatic heterocycles. The number of carbonyl (C=O) groups excluding carboxylic acids is 1. The summed E-state index contributed by atoms with van der Waals surface area (Å²) in [6.45, 7) is 1.61. The van der Waals surface area contributed by atoms with Crippen molar-refractivity contribution in [3.05, 3.63) is 48.8 Å². The van der Waals surface area contributed by atoms with Crippen molar-refractivity contribution in [3.63, 3.8) is 0 Å². The number of rotatable bonds is 9. The molecule has 1 aliphatic rings. The Morgan fingerprint density at radius 3 is 2.76 bits per heavy atom. The van der Waals surface area contributed by atoms with Crippen molar-refractivity contribution in [3.8, 4) is 5.75 Å². The van der Waals surface area contributed by atoms with E-state index in [9.17, 15) is 9.36 Å². The number of hydrogen-bond acceptors (Lipinski definition) is 10. The lowest BCUT2D eigenvalue weighted by molar-refractivity contribution is -0.142. The zero-order valence-corrected chi connectivity index (χ0v) is 19.6. The van der Waals surface area contributed by atoms with Crippen LogP contribution in [-0.2, 0) is 18.6 Å². The van der Waals surface area contributed by atoms with Crippen molar-refractivity contribution in [2.75, 3.05) is 25.2 Å². The molecule has 4 rings (SSSR count). The van der Waals surface area contributed by atoms with Gasteiger partial charge >= 0.3 is 13.7 Å². The van der Waals surface area contributed by atoms with Gasteiger partial charge in [-0.15, -0.1) is 0 Å². The Kier molecular flexibility index (Phi) is 6.82. The summed E-state index contributed by atoms with van der Waals surface area (Å²) in [5, 5.41) is 2.64. The van der Waals surface area contributed by atoms with Crippen LogP contribution in [0.4, 0.5) is 11.8 Å². The number of para-hydroxylation sites is 1. The first-order valence-corrected chi connectivity index (χ1v) is 12.1. The number of allylic oxidation sites excluding steroid dienone is 1. The van der Waals surface area contributed by atoms with Gasteiger partial charge in [0.2, 0.25) is 5.95 Å². The Balaban J connectivity index is 1.45. The normalized spacial score (nSPS) is 20.2. The Bertz CT molecular complexity index is 1250. The first-order chi connectivity index (χ1) is 16.3. The van der Waals surface area contributed by atoms with Crippen LogP contribution in [0.15, 0.2) is 48.8 Å². The molecule has 34 heavy (non-hydrogen) atoms. The van der Waals surface area contributed by atoms with Gasteiger partial charge in [0.15, 0.2) is 11.5 Å². The lowest BCUT2D eigenvalue weighted by Crippen LogP contribution is -2.34. The molecule has 0 amide bonds. The van der Waals surface area contributed by atoms with Crippen molar-refractivity contribution in [1.29, 1.82) is 0 Å². The number of methoxy groups -OCH3 is 1. The predicted octanol–water partition coefficient (Wildman–Crippen LogP) is 2.46. The first-order valence-electron chi connectivity index (χ1n) is 10.6. The maximum atomic E-state index is 13.5. The van der Waals surface area contributed by atoms with Crippen molar-refractivity contribution >= 4 is 36.6 Å². The van der Waals surface area contributed by atoms with Crippen molar-refractivity contribution in [2.24, 2.45) is 5.92 Å². The molecule has 1 aromatic carbocycles. The molecule has 180 valence electrons. The van der Waals surface area contributed by atoms with E-state index in [-0.39, 0.29) is 30.3 Å². The minimum absolute atomic E-state index is 0.0680. The zero-order valence-electron chi connectivity index (χ0n) is 18.7. The highest BCUT2D eigenvalue weighted by atomic mass is 31.2. The van der Waals surface area contributed by atoms with Crippen LogP contribution in [0.3, 0.4) is 0 Å². The number of aromatic nitrogens is 4. The Hall–Kier alpha value is -3.47. The van der Waals surface area contributed by atoms with Gasteiger partial charge in [0, 0.05) is 5.92 Å². The van der Waals surface area contributed by atoms with Crippen LogP contribution in [0.5, 0.6) is 5.75 Å². The molecule has 12 nitrogen and oxygen atoms in total. The van der Waals surface area contributed by atoms with E-state index in [1.54, 1.807) is 36.7 Å². The van der Waals surface area contributed by atoms with Gasteiger partial charge in [0.05, 0.1) is 26.1 Å². The van der Waals surface area contributed by atoms with Crippen LogP contribution in [0.1, 0.15) is 19.4 Å². The molecule has 0 spiro atoms. The topological polar surface area (TPSA) is 169 Å². The summed E-state index contributed by atoms with van der Waals surface area (Å²) in [5.74, 6) is -0.0444. The molecule has 0 bridgehead atoms. The minimum atomic E-state index is -3.91. The van der Waals surface area contributed by atoms with Crippen LogP contribution in [0.2, 0.25) is 0 Å². The molecule has 13 heteroatoms. The number of nitrogens with zero attached hydrogens (tertiary/aromatic N) is 4. The Labute approximate surface area is 195 Å². The molecule has 0 fully saturated rings. The smallest absolute Gasteiger partial charge is 0.459 e. The van der Waals surface area contributed by atoms with E-state index in [0.717, 1.165) is 0 Å². The van der Waals surface area contributed by atoms with E-state index >= 15 is 0 Å².